The fourth-order valence-electron chi connectivity index (χ4n) is 6.76. The summed E-state index contributed by atoms with van der Waals surface area (Å²) < 4.78 is 6.30. The Hall–Kier alpha value is -4.00. The third-order valence-corrected chi connectivity index (χ3v) is 8.95. The first-order valence-electron chi connectivity index (χ1n) is 15.0. The van der Waals surface area contributed by atoms with Crippen molar-refractivity contribution in [3.8, 4) is 6.07 Å². The van der Waals surface area contributed by atoms with Crippen LogP contribution in [0.5, 0.6) is 0 Å². The Morgan fingerprint density at radius 3 is 2.74 bits per heavy atom. The maximum absolute atomic E-state index is 12.5. The van der Waals surface area contributed by atoms with Gasteiger partial charge < -0.3 is 19.4 Å². The lowest BCUT2D eigenvalue weighted by atomic mass is 9.99. The van der Waals surface area contributed by atoms with Crippen LogP contribution in [-0.4, -0.2) is 77.7 Å². The second-order valence-electron chi connectivity index (χ2n) is 11.6. The first-order chi connectivity index (χ1) is 20.5. The fourth-order valence-corrected chi connectivity index (χ4v) is 6.76. The molecule has 0 aliphatic carbocycles. The van der Waals surface area contributed by atoms with E-state index in [0.717, 1.165) is 49.4 Å². The number of carbonyl (C=O) groups is 1. The number of nitriles is 1. The number of hydrogen-bond donors (Lipinski definition) is 0. The topological polar surface area (TPSA) is 88.8 Å². The van der Waals surface area contributed by atoms with Gasteiger partial charge in [0.15, 0.2) is 5.82 Å². The van der Waals surface area contributed by atoms with Gasteiger partial charge in [-0.1, -0.05) is 36.9 Å². The second kappa shape index (κ2) is 12.1. The zero-order valence-electron chi connectivity index (χ0n) is 24.6. The zero-order valence-corrected chi connectivity index (χ0v) is 24.6. The van der Waals surface area contributed by atoms with E-state index in [1.165, 1.54) is 28.1 Å². The number of piperazine rings is 1. The van der Waals surface area contributed by atoms with Crippen LogP contribution in [-0.2, 0) is 29.1 Å². The summed E-state index contributed by atoms with van der Waals surface area (Å²) in [5.74, 6) is 1.47. The number of rotatable bonds is 7. The Morgan fingerprint density at radius 2 is 1.98 bits per heavy atom. The van der Waals surface area contributed by atoms with E-state index in [2.05, 4.69) is 77.7 Å². The molecule has 0 saturated carbocycles. The quantitative estimate of drug-likeness (QED) is 0.394. The maximum atomic E-state index is 12.5. The highest BCUT2D eigenvalue weighted by molar-refractivity contribution is 5.97. The van der Waals surface area contributed by atoms with Crippen molar-refractivity contribution in [2.75, 3.05) is 49.6 Å². The van der Waals surface area contributed by atoms with Gasteiger partial charge in [0.25, 0.3) is 0 Å². The van der Waals surface area contributed by atoms with Gasteiger partial charge in [0.05, 0.1) is 30.8 Å². The number of likely N-dealkylation sites (tertiary alicyclic amines) is 1. The third kappa shape index (κ3) is 5.44. The molecule has 3 aliphatic heterocycles. The molecular weight excluding hydrogens is 526 g/mol. The number of benzene rings is 2. The number of anilines is 2. The van der Waals surface area contributed by atoms with E-state index in [1.54, 1.807) is 4.90 Å². The highest BCUT2D eigenvalue weighted by Gasteiger charge is 2.33. The van der Waals surface area contributed by atoms with Gasteiger partial charge in [-0.3, -0.25) is 9.69 Å². The van der Waals surface area contributed by atoms with Crippen LogP contribution in [0.4, 0.5) is 11.5 Å². The average molecular weight is 566 g/mol. The first-order valence-corrected chi connectivity index (χ1v) is 15.0. The molecule has 3 aliphatic rings. The number of hydrogen-bond acceptors (Lipinski definition) is 8. The molecule has 4 heterocycles. The highest BCUT2D eigenvalue weighted by atomic mass is 16.5. The van der Waals surface area contributed by atoms with Crippen LogP contribution >= 0.6 is 0 Å². The molecule has 0 bridgehead atoms. The SMILES string of the molecule is C=CC(=O)N1CCN(c2nc(CO[C@@H]3CCCN3C)nc3c2CCN(c2cccc4cccc(C)c24)C3)C[C@@H]1CC#N. The summed E-state index contributed by atoms with van der Waals surface area (Å²) in [5, 5.41) is 12.1. The predicted molar refractivity (Wildman–Crippen MR) is 164 cm³/mol. The van der Waals surface area contributed by atoms with E-state index in [-0.39, 0.29) is 24.6 Å². The molecule has 0 spiro atoms. The molecule has 0 radical (unpaired) electrons. The van der Waals surface area contributed by atoms with Gasteiger partial charge in [0.1, 0.15) is 18.7 Å². The number of aromatic nitrogens is 2. The number of fused-ring (bicyclic) bond motifs is 2. The van der Waals surface area contributed by atoms with Crippen LogP contribution < -0.4 is 9.80 Å². The molecule has 1 amide bonds. The van der Waals surface area contributed by atoms with E-state index >= 15 is 0 Å². The van der Waals surface area contributed by atoms with Crippen LogP contribution in [0.25, 0.3) is 10.8 Å². The Morgan fingerprint density at radius 1 is 1.14 bits per heavy atom. The van der Waals surface area contributed by atoms with Gasteiger partial charge in [-0.25, -0.2) is 9.97 Å². The number of amides is 1. The van der Waals surface area contributed by atoms with E-state index < -0.39 is 0 Å². The van der Waals surface area contributed by atoms with Crippen molar-refractivity contribution in [1.29, 1.82) is 5.26 Å². The standard InChI is InChI=1S/C33H39N7O2/c1-4-30(41)40-19-18-39(20-25(40)13-15-34)33-26-14-17-38(28-11-6-10-24-9-5-8-23(2)32(24)28)21-27(26)35-29(36-33)22-42-31-12-7-16-37(31)3/h4-6,8-11,25,31H,1,7,12-14,16-22H2,2-3H3/t25-,31+/m0/s1. The summed E-state index contributed by atoms with van der Waals surface area (Å²) in [6.07, 6.45) is 4.64. The zero-order chi connectivity index (χ0) is 29.2. The van der Waals surface area contributed by atoms with E-state index in [9.17, 15) is 10.1 Å². The molecule has 0 unspecified atom stereocenters. The third-order valence-electron chi connectivity index (χ3n) is 8.95. The summed E-state index contributed by atoms with van der Waals surface area (Å²) in [4.78, 5) is 31.4. The fraction of sp³-hybridized carbons (Fsp3) is 0.455. The van der Waals surface area contributed by atoms with Gasteiger partial charge in [0.2, 0.25) is 5.91 Å². The second-order valence-corrected chi connectivity index (χ2v) is 11.6. The van der Waals surface area contributed by atoms with Crippen molar-refractivity contribution in [3.63, 3.8) is 0 Å². The number of nitrogens with zero attached hydrogens (tertiary/aromatic N) is 7. The average Bonchev–Trinajstić information content (AvgIpc) is 3.43. The molecule has 2 fully saturated rings. The molecule has 218 valence electrons. The molecular formula is C33H39N7O2. The molecule has 6 rings (SSSR count). The van der Waals surface area contributed by atoms with Crippen molar-refractivity contribution in [3.05, 3.63) is 71.7 Å². The monoisotopic (exact) mass is 565 g/mol. The summed E-state index contributed by atoms with van der Waals surface area (Å²) in [5.41, 5.74) is 4.68. The summed E-state index contributed by atoms with van der Waals surface area (Å²) >= 11 is 0. The lowest BCUT2D eigenvalue weighted by Crippen LogP contribution is -2.55. The summed E-state index contributed by atoms with van der Waals surface area (Å²) in [6.45, 7) is 10.5. The Bertz CT molecular complexity index is 1530. The molecule has 9 nitrogen and oxygen atoms in total. The van der Waals surface area contributed by atoms with Crippen molar-refractivity contribution >= 4 is 28.2 Å². The van der Waals surface area contributed by atoms with Gasteiger partial charge in [-0.2, -0.15) is 5.26 Å². The predicted octanol–water partition coefficient (Wildman–Crippen LogP) is 4.19. The highest BCUT2D eigenvalue weighted by Crippen LogP contribution is 2.35. The van der Waals surface area contributed by atoms with E-state index in [0.29, 0.717) is 38.6 Å². The van der Waals surface area contributed by atoms with Gasteiger partial charge in [0, 0.05) is 49.4 Å². The first kappa shape index (κ1) is 28.1. The summed E-state index contributed by atoms with van der Waals surface area (Å²) in [6, 6.07) is 15.0. The van der Waals surface area contributed by atoms with Crippen LogP contribution in [0.15, 0.2) is 49.1 Å². The van der Waals surface area contributed by atoms with Crippen molar-refractivity contribution in [2.45, 2.75) is 58.0 Å². The minimum absolute atomic E-state index is 0.0803. The Labute approximate surface area is 248 Å². The Balaban J connectivity index is 1.34. The molecule has 2 aromatic carbocycles. The minimum Gasteiger partial charge on any atom is -0.365 e. The van der Waals surface area contributed by atoms with Gasteiger partial charge in [-0.15, -0.1) is 0 Å². The number of aryl methyl sites for hydroxylation is 1. The van der Waals surface area contributed by atoms with Crippen molar-refractivity contribution < 1.29 is 9.53 Å². The molecule has 2 saturated heterocycles. The van der Waals surface area contributed by atoms with E-state index in [4.69, 9.17) is 14.7 Å². The Kier molecular flexibility index (Phi) is 8.09. The van der Waals surface area contributed by atoms with Gasteiger partial charge >= 0.3 is 0 Å². The van der Waals surface area contributed by atoms with Crippen LogP contribution in [0.1, 0.15) is 41.9 Å². The van der Waals surface area contributed by atoms with Gasteiger partial charge in [-0.05, 0) is 56.3 Å². The van der Waals surface area contributed by atoms with Crippen molar-refractivity contribution in [2.24, 2.45) is 0 Å². The number of carbonyl (C=O) groups excluding carboxylic acids is 1. The van der Waals surface area contributed by atoms with Crippen LogP contribution in [0, 0.1) is 18.3 Å². The lowest BCUT2D eigenvalue weighted by Gasteiger charge is -2.42. The molecule has 3 aromatic rings. The lowest BCUT2D eigenvalue weighted by molar-refractivity contribution is -0.128. The normalized spacial score (nSPS) is 20.9. The van der Waals surface area contributed by atoms with Crippen LogP contribution in [0.3, 0.4) is 0 Å². The molecule has 2 atom stereocenters. The number of ether oxygens (including phenoxy) is 1. The largest absolute Gasteiger partial charge is 0.365 e. The molecule has 0 N–H and O–H groups in total. The summed E-state index contributed by atoms with van der Waals surface area (Å²) in [7, 11) is 2.10. The van der Waals surface area contributed by atoms with Crippen molar-refractivity contribution in [1.82, 2.24) is 19.8 Å². The van der Waals surface area contributed by atoms with E-state index in [1.807, 2.05) is 0 Å². The molecule has 1 aromatic heterocycles. The smallest absolute Gasteiger partial charge is 0.246 e. The molecule has 9 heteroatoms. The van der Waals surface area contributed by atoms with Crippen LogP contribution in [0.2, 0.25) is 0 Å². The maximum Gasteiger partial charge on any atom is 0.246 e. The minimum atomic E-state index is -0.217. The molecule has 42 heavy (non-hydrogen) atoms.